The summed E-state index contributed by atoms with van der Waals surface area (Å²) in [6.45, 7) is 12.5. The van der Waals surface area contributed by atoms with Crippen molar-refractivity contribution in [1.82, 2.24) is 4.98 Å². The minimum absolute atomic E-state index is 0.0806. The van der Waals surface area contributed by atoms with Gasteiger partial charge in [0.1, 0.15) is 11.9 Å². The van der Waals surface area contributed by atoms with Crippen molar-refractivity contribution in [3.8, 4) is 0 Å². The molecule has 0 bridgehead atoms. The van der Waals surface area contributed by atoms with E-state index in [2.05, 4.69) is 38.8 Å². The third-order valence-corrected chi connectivity index (χ3v) is 8.36. The molecule has 1 rings (SSSR count). The number of aliphatic hydroxyl groups excluding tert-OH is 1. The van der Waals surface area contributed by atoms with E-state index >= 15 is 0 Å². The SMILES string of the molecule is C[C@@H](O[Si](C)(C)C(C)(C)C)C(O)c1ccc(F)cn1. The van der Waals surface area contributed by atoms with E-state index in [0.29, 0.717) is 5.69 Å². The summed E-state index contributed by atoms with van der Waals surface area (Å²) in [6.07, 6.45) is -0.0917. The van der Waals surface area contributed by atoms with Gasteiger partial charge in [0.05, 0.1) is 18.0 Å². The number of rotatable bonds is 4. The van der Waals surface area contributed by atoms with Crippen LogP contribution in [0.3, 0.4) is 0 Å². The van der Waals surface area contributed by atoms with Crippen LogP contribution in [-0.4, -0.2) is 24.5 Å². The van der Waals surface area contributed by atoms with Crippen LogP contribution in [0.5, 0.6) is 0 Å². The van der Waals surface area contributed by atoms with Crippen molar-refractivity contribution >= 4 is 8.32 Å². The van der Waals surface area contributed by atoms with Crippen LogP contribution in [0.2, 0.25) is 18.1 Å². The maximum atomic E-state index is 12.8. The van der Waals surface area contributed by atoms with Crippen LogP contribution >= 0.6 is 0 Å². The summed E-state index contributed by atoms with van der Waals surface area (Å²) in [4.78, 5) is 3.90. The van der Waals surface area contributed by atoms with Gasteiger partial charge in [-0.3, -0.25) is 4.98 Å². The van der Waals surface area contributed by atoms with Crippen LogP contribution < -0.4 is 0 Å². The molecule has 0 aromatic carbocycles. The normalized spacial score (nSPS) is 16.2. The summed E-state index contributed by atoms with van der Waals surface area (Å²) in [7, 11) is -1.94. The molecule has 108 valence electrons. The second-order valence-electron chi connectivity index (χ2n) is 6.43. The van der Waals surface area contributed by atoms with E-state index in [0.717, 1.165) is 6.20 Å². The maximum Gasteiger partial charge on any atom is 0.192 e. The molecule has 19 heavy (non-hydrogen) atoms. The van der Waals surface area contributed by atoms with Gasteiger partial charge in [-0.1, -0.05) is 20.8 Å². The Balaban J connectivity index is 2.78. The fourth-order valence-corrected chi connectivity index (χ4v) is 2.92. The average molecular weight is 285 g/mol. The fraction of sp³-hybridized carbons (Fsp3) is 0.643. The summed E-state index contributed by atoms with van der Waals surface area (Å²) in [5.74, 6) is -0.408. The summed E-state index contributed by atoms with van der Waals surface area (Å²) >= 11 is 0. The van der Waals surface area contributed by atoms with E-state index in [9.17, 15) is 9.50 Å². The predicted octanol–water partition coefficient (Wildman–Crippen LogP) is 3.66. The monoisotopic (exact) mass is 285 g/mol. The molecule has 0 spiro atoms. The smallest absolute Gasteiger partial charge is 0.192 e. The van der Waals surface area contributed by atoms with Gasteiger partial charge in [-0.25, -0.2) is 4.39 Å². The van der Waals surface area contributed by atoms with Crippen LogP contribution in [0.25, 0.3) is 0 Å². The highest BCUT2D eigenvalue weighted by molar-refractivity contribution is 6.74. The van der Waals surface area contributed by atoms with Crippen LogP contribution in [-0.2, 0) is 4.43 Å². The molecule has 0 radical (unpaired) electrons. The van der Waals surface area contributed by atoms with Gasteiger partial charge in [0.2, 0.25) is 0 Å². The summed E-state index contributed by atoms with van der Waals surface area (Å²) in [6, 6.07) is 2.79. The first kappa shape index (κ1) is 16.3. The Kier molecular flexibility index (Phi) is 4.87. The van der Waals surface area contributed by atoms with E-state index in [1.165, 1.54) is 12.1 Å². The lowest BCUT2D eigenvalue weighted by atomic mass is 10.1. The van der Waals surface area contributed by atoms with Crippen molar-refractivity contribution in [2.45, 2.75) is 58.0 Å². The Morgan fingerprint density at radius 3 is 2.32 bits per heavy atom. The molecule has 1 unspecified atom stereocenters. The highest BCUT2D eigenvalue weighted by Gasteiger charge is 2.39. The Labute approximate surface area is 116 Å². The van der Waals surface area contributed by atoms with Gasteiger partial charge in [0.25, 0.3) is 0 Å². The lowest BCUT2D eigenvalue weighted by molar-refractivity contribution is 0.0352. The maximum absolute atomic E-state index is 12.8. The van der Waals surface area contributed by atoms with E-state index in [-0.39, 0.29) is 11.1 Å². The Morgan fingerprint density at radius 1 is 1.32 bits per heavy atom. The Hall–Kier alpha value is -0.783. The van der Waals surface area contributed by atoms with Gasteiger partial charge in [-0.05, 0) is 37.2 Å². The molecule has 1 N–H and O–H groups in total. The van der Waals surface area contributed by atoms with Gasteiger partial charge < -0.3 is 9.53 Å². The topological polar surface area (TPSA) is 42.4 Å². The summed E-state index contributed by atoms with van der Waals surface area (Å²) < 4.78 is 18.9. The summed E-state index contributed by atoms with van der Waals surface area (Å²) in [5.41, 5.74) is 0.438. The molecule has 0 amide bonds. The molecule has 0 aliphatic heterocycles. The highest BCUT2D eigenvalue weighted by Crippen LogP contribution is 2.38. The third-order valence-electron chi connectivity index (χ3n) is 3.78. The first-order valence-corrected chi connectivity index (χ1v) is 9.43. The molecular formula is C14H24FNO2Si. The molecule has 0 aliphatic rings. The largest absolute Gasteiger partial charge is 0.411 e. The van der Waals surface area contributed by atoms with Crippen LogP contribution in [0.15, 0.2) is 18.3 Å². The standard InChI is InChI=1S/C14H24FNO2Si/c1-10(18-19(5,6)14(2,3)4)13(17)12-8-7-11(15)9-16-12/h7-10,13,17H,1-6H3/t10-,13?/m1/s1. The van der Waals surface area contributed by atoms with Crippen molar-refractivity contribution < 1.29 is 13.9 Å². The van der Waals surface area contributed by atoms with Gasteiger partial charge in [0, 0.05) is 0 Å². The molecule has 2 atom stereocenters. The average Bonchev–Trinajstić information content (AvgIpc) is 2.27. The lowest BCUT2D eigenvalue weighted by Gasteiger charge is -2.39. The minimum Gasteiger partial charge on any atom is -0.411 e. The van der Waals surface area contributed by atoms with Crippen molar-refractivity contribution in [3.63, 3.8) is 0 Å². The van der Waals surface area contributed by atoms with Crippen molar-refractivity contribution in [2.75, 3.05) is 0 Å². The second kappa shape index (κ2) is 5.69. The number of halogens is 1. The molecule has 0 saturated heterocycles. The van der Waals surface area contributed by atoms with Crippen LogP contribution in [0.1, 0.15) is 39.5 Å². The first-order valence-electron chi connectivity index (χ1n) is 6.52. The van der Waals surface area contributed by atoms with Gasteiger partial charge in [0.15, 0.2) is 8.32 Å². The number of nitrogens with zero attached hydrogens (tertiary/aromatic N) is 1. The zero-order valence-corrected chi connectivity index (χ0v) is 13.6. The van der Waals surface area contributed by atoms with E-state index in [1.807, 2.05) is 6.92 Å². The van der Waals surface area contributed by atoms with Crippen molar-refractivity contribution in [1.29, 1.82) is 0 Å². The van der Waals surface area contributed by atoms with Crippen molar-refractivity contribution in [2.24, 2.45) is 0 Å². The van der Waals surface area contributed by atoms with Crippen LogP contribution in [0, 0.1) is 5.82 Å². The predicted molar refractivity (Wildman–Crippen MR) is 76.9 cm³/mol. The Morgan fingerprint density at radius 2 is 1.89 bits per heavy atom. The second-order valence-corrected chi connectivity index (χ2v) is 11.2. The van der Waals surface area contributed by atoms with E-state index in [4.69, 9.17) is 4.43 Å². The van der Waals surface area contributed by atoms with Gasteiger partial charge >= 0.3 is 0 Å². The van der Waals surface area contributed by atoms with Crippen molar-refractivity contribution in [3.05, 3.63) is 29.8 Å². The van der Waals surface area contributed by atoms with E-state index < -0.39 is 20.2 Å². The highest BCUT2D eigenvalue weighted by atomic mass is 28.4. The molecule has 1 aromatic heterocycles. The number of aromatic nitrogens is 1. The molecule has 3 nitrogen and oxygen atoms in total. The fourth-order valence-electron chi connectivity index (χ4n) is 1.51. The minimum atomic E-state index is -1.94. The number of aliphatic hydroxyl groups is 1. The van der Waals surface area contributed by atoms with Gasteiger partial charge in [-0.15, -0.1) is 0 Å². The molecule has 0 saturated carbocycles. The van der Waals surface area contributed by atoms with Crippen LogP contribution in [0.4, 0.5) is 4.39 Å². The van der Waals surface area contributed by atoms with Gasteiger partial charge in [-0.2, -0.15) is 0 Å². The number of hydrogen-bond acceptors (Lipinski definition) is 3. The lowest BCUT2D eigenvalue weighted by Crippen LogP contribution is -2.44. The zero-order chi connectivity index (χ0) is 14.8. The first-order chi connectivity index (χ1) is 8.54. The number of hydrogen-bond donors (Lipinski definition) is 1. The molecule has 0 fully saturated rings. The quantitative estimate of drug-likeness (QED) is 0.858. The number of pyridine rings is 1. The molecule has 0 aliphatic carbocycles. The third kappa shape index (κ3) is 4.09. The molecule has 1 heterocycles. The zero-order valence-electron chi connectivity index (χ0n) is 12.6. The molecule has 1 aromatic rings. The van der Waals surface area contributed by atoms with E-state index in [1.54, 1.807) is 0 Å². The molecule has 5 heteroatoms. The summed E-state index contributed by atoms with van der Waals surface area (Å²) in [5, 5.41) is 10.3. The Bertz CT molecular complexity index is 414. The molecular weight excluding hydrogens is 261 g/mol.